The lowest BCUT2D eigenvalue weighted by Crippen LogP contribution is -2.02. The molecular formula is C21H12O3. The monoisotopic (exact) mass is 312 g/mol. The van der Waals surface area contributed by atoms with Crippen molar-refractivity contribution in [1.29, 1.82) is 0 Å². The Morgan fingerprint density at radius 3 is 1.88 bits per heavy atom. The van der Waals surface area contributed by atoms with E-state index >= 15 is 0 Å². The van der Waals surface area contributed by atoms with Crippen LogP contribution in [-0.4, -0.2) is 11.9 Å². The summed E-state index contributed by atoms with van der Waals surface area (Å²) in [6, 6.07) is 22.0. The van der Waals surface area contributed by atoms with E-state index in [1.807, 2.05) is 30.3 Å². The van der Waals surface area contributed by atoms with Crippen molar-refractivity contribution in [2.75, 3.05) is 0 Å². The third kappa shape index (κ3) is 1.67. The number of hydrogen-bond donors (Lipinski definition) is 0. The van der Waals surface area contributed by atoms with Crippen molar-refractivity contribution in [2.45, 2.75) is 5.92 Å². The molecule has 1 heterocycles. The van der Waals surface area contributed by atoms with E-state index in [2.05, 4.69) is 24.3 Å². The zero-order valence-corrected chi connectivity index (χ0v) is 12.7. The fraction of sp³-hybridized carbons (Fsp3) is 0.0476. The van der Waals surface area contributed by atoms with E-state index in [-0.39, 0.29) is 5.92 Å². The smallest absolute Gasteiger partial charge is 0.346 e. The van der Waals surface area contributed by atoms with Gasteiger partial charge in [0.25, 0.3) is 0 Å². The normalized spacial score (nSPS) is 15.0. The molecule has 114 valence electrons. The molecule has 2 aliphatic rings. The van der Waals surface area contributed by atoms with E-state index in [9.17, 15) is 9.59 Å². The number of hydrogen-bond acceptors (Lipinski definition) is 3. The highest BCUT2D eigenvalue weighted by Gasteiger charge is 2.33. The topological polar surface area (TPSA) is 43.4 Å². The van der Waals surface area contributed by atoms with Crippen molar-refractivity contribution in [3.8, 4) is 11.1 Å². The maximum absolute atomic E-state index is 11.9. The van der Waals surface area contributed by atoms with Crippen molar-refractivity contribution in [1.82, 2.24) is 0 Å². The SMILES string of the molecule is O=C1OC(=O)c2cc(C3c4ccccc4-c4ccccc43)ccc21. The van der Waals surface area contributed by atoms with E-state index in [4.69, 9.17) is 4.74 Å². The molecule has 3 aromatic carbocycles. The van der Waals surface area contributed by atoms with Crippen molar-refractivity contribution in [3.05, 3.63) is 94.5 Å². The third-order valence-electron chi connectivity index (χ3n) is 4.84. The number of benzene rings is 3. The molecule has 1 aliphatic heterocycles. The first kappa shape index (κ1) is 13.3. The molecule has 0 N–H and O–H groups in total. The fourth-order valence-electron chi connectivity index (χ4n) is 3.80. The molecule has 3 nitrogen and oxygen atoms in total. The molecule has 0 aromatic heterocycles. The van der Waals surface area contributed by atoms with E-state index in [0.717, 1.165) is 5.56 Å². The van der Waals surface area contributed by atoms with Gasteiger partial charge < -0.3 is 4.74 Å². The van der Waals surface area contributed by atoms with E-state index in [1.165, 1.54) is 22.3 Å². The Labute approximate surface area is 138 Å². The zero-order chi connectivity index (χ0) is 16.3. The average molecular weight is 312 g/mol. The van der Waals surface area contributed by atoms with Gasteiger partial charge in [-0.05, 0) is 39.9 Å². The second-order valence-corrected chi connectivity index (χ2v) is 6.09. The number of fused-ring (bicyclic) bond motifs is 4. The van der Waals surface area contributed by atoms with Crippen molar-refractivity contribution >= 4 is 11.9 Å². The molecule has 0 spiro atoms. The Bertz CT molecular complexity index is 987. The summed E-state index contributed by atoms with van der Waals surface area (Å²) in [4.78, 5) is 23.6. The molecule has 0 fully saturated rings. The zero-order valence-electron chi connectivity index (χ0n) is 12.7. The molecule has 24 heavy (non-hydrogen) atoms. The molecule has 1 aliphatic carbocycles. The van der Waals surface area contributed by atoms with Gasteiger partial charge in [-0.2, -0.15) is 0 Å². The van der Waals surface area contributed by atoms with Gasteiger partial charge in [0.05, 0.1) is 11.1 Å². The second-order valence-electron chi connectivity index (χ2n) is 6.09. The van der Waals surface area contributed by atoms with E-state index in [0.29, 0.717) is 11.1 Å². The lowest BCUT2D eigenvalue weighted by Gasteiger charge is -2.14. The number of rotatable bonds is 1. The van der Waals surface area contributed by atoms with Gasteiger partial charge in [0.1, 0.15) is 0 Å². The highest BCUT2D eigenvalue weighted by atomic mass is 16.6. The van der Waals surface area contributed by atoms with Gasteiger partial charge in [-0.3, -0.25) is 0 Å². The molecule has 5 rings (SSSR count). The molecule has 0 saturated heterocycles. The van der Waals surface area contributed by atoms with Gasteiger partial charge in [0, 0.05) is 5.92 Å². The Balaban J connectivity index is 1.75. The Morgan fingerprint density at radius 2 is 1.21 bits per heavy atom. The number of cyclic esters (lactones) is 2. The fourth-order valence-corrected chi connectivity index (χ4v) is 3.80. The summed E-state index contributed by atoms with van der Waals surface area (Å²) in [6.07, 6.45) is 0. The van der Waals surface area contributed by atoms with Crippen LogP contribution in [0.2, 0.25) is 0 Å². The second kappa shape index (κ2) is 4.65. The summed E-state index contributed by atoms with van der Waals surface area (Å²) in [5.74, 6) is -1.06. The molecule has 0 atom stereocenters. The van der Waals surface area contributed by atoms with Crippen molar-refractivity contribution in [3.63, 3.8) is 0 Å². The lowest BCUT2D eigenvalue weighted by atomic mass is 9.88. The van der Waals surface area contributed by atoms with E-state index in [1.54, 1.807) is 12.1 Å². The summed E-state index contributed by atoms with van der Waals surface area (Å²) in [5.41, 5.74) is 6.59. The first-order valence-electron chi connectivity index (χ1n) is 7.83. The van der Waals surface area contributed by atoms with Gasteiger partial charge in [-0.15, -0.1) is 0 Å². The van der Waals surface area contributed by atoms with Crippen LogP contribution in [0.25, 0.3) is 11.1 Å². The summed E-state index contributed by atoms with van der Waals surface area (Å²) >= 11 is 0. The first-order valence-corrected chi connectivity index (χ1v) is 7.83. The number of ether oxygens (including phenoxy) is 1. The standard InChI is InChI=1S/C21H12O3/c22-20-17-10-9-12(11-18(17)21(23)24-20)19-15-7-3-1-5-13(15)14-6-2-4-8-16(14)19/h1-11,19H. The summed E-state index contributed by atoms with van der Waals surface area (Å²) < 4.78 is 4.71. The van der Waals surface area contributed by atoms with Crippen LogP contribution in [0.3, 0.4) is 0 Å². The maximum Gasteiger partial charge on any atom is 0.346 e. The molecule has 3 aromatic rings. The van der Waals surface area contributed by atoms with Crippen LogP contribution in [0.15, 0.2) is 66.7 Å². The highest BCUT2D eigenvalue weighted by Crippen LogP contribution is 2.48. The Hall–Kier alpha value is -3.20. The molecule has 0 unspecified atom stereocenters. The minimum Gasteiger partial charge on any atom is -0.386 e. The maximum atomic E-state index is 11.9. The van der Waals surface area contributed by atoms with Gasteiger partial charge >= 0.3 is 11.9 Å². The minimum absolute atomic E-state index is 0.0613. The van der Waals surface area contributed by atoms with Gasteiger partial charge in [-0.1, -0.05) is 54.6 Å². The quantitative estimate of drug-likeness (QED) is 0.391. The van der Waals surface area contributed by atoms with Gasteiger partial charge in [-0.25, -0.2) is 9.59 Å². The molecular weight excluding hydrogens is 300 g/mol. The number of carbonyl (C=O) groups excluding carboxylic acids is 2. The highest BCUT2D eigenvalue weighted by molar-refractivity contribution is 6.14. The van der Waals surface area contributed by atoms with Gasteiger partial charge in [0.2, 0.25) is 0 Å². The van der Waals surface area contributed by atoms with Crippen LogP contribution in [-0.2, 0) is 4.74 Å². The van der Waals surface area contributed by atoms with Crippen molar-refractivity contribution < 1.29 is 14.3 Å². The largest absolute Gasteiger partial charge is 0.386 e. The molecule has 0 bridgehead atoms. The van der Waals surface area contributed by atoms with Crippen LogP contribution in [0.4, 0.5) is 0 Å². The van der Waals surface area contributed by atoms with Crippen LogP contribution in [0.1, 0.15) is 43.3 Å². The number of carbonyl (C=O) groups is 2. The summed E-state index contributed by atoms with van der Waals surface area (Å²) in [6.45, 7) is 0. The van der Waals surface area contributed by atoms with Gasteiger partial charge in [0.15, 0.2) is 0 Å². The average Bonchev–Trinajstić information content (AvgIpc) is 3.09. The molecule has 0 radical (unpaired) electrons. The van der Waals surface area contributed by atoms with Crippen LogP contribution in [0, 0.1) is 0 Å². The molecule has 3 heteroatoms. The summed E-state index contributed by atoms with van der Waals surface area (Å²) in [5, 5.41) is 0. The first-order chi connectivity index (χ1) is 11.7. The van der Waals surface area contributed by atoms with Crippen LogP contribution >= 0.6 is 0 Å². The molecule has 0 saturated carbocycles. The van der Waals surface area contributed by atoms with Crippen molar-refractivity contribution in [2.24, 2.45) is 0 Å². The Kier molecular flexibility index (Phi) is 2.57. The number of esters is 2. The Morgan fingerprint density at radius 1 is 0.625 bits per heavy atom. The van der Waals surface area contributed by atoms with E-state index < -0.39 is 11.9 Å². The van der Waals surface area contributed by atoms with Crippen LogP contribution in [0.5, 0.6) is 0 Å². The third-order valence-corrected chi connectivity index (χ3v) is 4.84. The molecule has 0 amide bonds. The predicted octanol–water partition coefficient (Wildman–Crippen LogP) is 4.16. The van der Waals surface area contributed by atoms with Crippen LogP contribution < -0.4 is 0 Å². The minimum atomic E-state index is -0.561. The predicted molar refractivity (Wildman–Crippen MR) is 89.0 cm³/mol. The summed E-state index contributed by atoms with van der Waals surface area (Å²) in [7, 11) is 0. The lowest BCUT2D eigenvalue weighted by molar-refractivity contribution is 0.0444.